The van der Waals surface area contributed by atoms with Crippen molar-refractivity contribution < 1.29 is 18.7 Å². The number of rotatable bonds is 6. The van der Waals surface area contributed by atoms with Crippen molar-refractivity contribution in [3.8, 4) is 0 Å². The molecule has 1 aliphatic carbocycles. The quantitative estimate of drug-likeness (QED) is 0.815. The number of hydrogen-bond donors (Lipinski definition) is 2. The Morgan fingerprint density at radius 2 is 2.42 bits per heavy atom. The molecule has 0 aromatic carbocycles. The summed E-state index contributed by atoms with van der Waals surface area (Å²) in [5.74, 6) is 0.722. The highest BCUT2D eigenvalue weighted by atomic mass is 16.5. The minimum Gasteiger partial charge on any atom is -0.467 e. The van der Waals surface area contributed by atoms with E-state index in [-0.39, 0.29) is 24.3 Å². The Labute approximate surface area is 112 Å². The topological polar surface area (TPSA) is 72.7 Å². The van der Waals surface area contributed by atoms with E-state index in [1.165, 1.54) is 0 Å². The van der Waals surface area contributed by atoms with Gasteiger partial charge in [0, 0.05) is 13.7 Å². The summed E-state index contributed by atoms with van der Waals surface area (Å²) >= 11 is 0. The summed E-state index contributed by atoms with van der Waals surface area (Å²) in [6.45, 7) is 2.98. The number of hydrogen-bond acceptors (Lipinski definition) is 4. The number of ether oxygens (including phenoxy) is 2. The Morgan fingerprint density at radius 3 is 3.05 bits per heavy atom. The molecule has 1 saturated carbocycles. The van der Waals surface area contributed by atoms with Crippen LogP contribution in [0, 0.1) is 0 Å². The molecule has 0 saturated heterocycles. The summed E-state index contributed by atoms with van der Waals surface area (Å²) in [6.07, 6.45) is 2.36. The molecule has 0 aliphatic heterocycles. The third kappa shape index (κ3) is 3.48. The van der Waals surface area contributed by atoms with Crippen LogP contribution >= 0.6 is 0 Å². The fourth-order valence-corrected chi connectivity index (χ4v) is 2.22. The monoisotopic (exact) mass is 268 g/mol. The molecule has 1 aromatic heterocycles. The van der Waals surface area contributed by atoms with Crippen LogP contribution in [0.5, 0.6) is 0 Å². The molecule has 19 heavy (non-hydrogen) atoms. The lowest BCUT2D eigenvalue weighted by atomic mass is 9.85. The third-order valence-corrected chi connectivity index (χ3v) is 3.22. The minimum atomic E-state index is -0.224. The van der Waals surface area contributed by atoms with E-state index in [9.17, 15) is 4.79 Å². The summed E-state index contributed by atoms with van der Waals surface area (Å²) in [5, 5.41) is 5.61. The van der Waals surface area contributed by atoms with Crippen LogP contribution in [0.25, 0.3) is 0 Å². The van der Waals surface area contributed by atoms with Gasteiger partial charge >= 0.3 is 6.03 Å². The van der Waals surface area contributed by atoms with E-state index in [1.807, 2.05) is 13.0 Å². The molecule has 106 valence electrons. The van der Waals surface area contributed by atoms with Gasteiger partial charge in [-0.1, -0.05) is 0 Å². The predicted molar refractivity (Wildman–Crippen MR) is 68.7 cm³/mol. The number of nitrogens with one attached hydrogen (secondary N) is 2. The van der Waals surface area contributed by atoms with E-state index in [2.05, 4.69) is 10.6 Å². The average molecular weight is 268 g/mol. The Balaban J connectivity index is 1.71. The van der Waals surface area contributed by atoms with E-state index >= 15 is 0 Å². The standard InChI is InChI=1S/C13H20N2O4/c1-3-18-11-7-10(12(11)17-2)15-13(16)14-8-9-5-4-6-19-9/h4-6,10-12H,3,7-8H2,1-2H3,(H2,14,15,16). The van der Waals surface area contributed by atoms with Crippen LogP contribution in [-0.2, 0) is 16.0 Å². The molecule has 2 rings (SSSR count). The fourth-order valence-electron chi connectivity index (χ4n) is 2.22. The molecule has 2 amide bonds. The SMILES string of the molecule is CCOC1CC(NC(=O)NCc2ccco2)C1OC. The molecule has 1 aliphatic rings. The molecule has 1 fully saturated rings. The summed E-state index contributed by atoms with van der Waals surface area (Å²) in [6, 6.07) is 3.37. The van der Waals surface area contributed by atoms with Crippen LogP contribution in [0.1, 0.15) is 19.1 Å². The van der Waals surface area contributed by atoms with Crippen molar-refractivity contribution in [1.29, 1.82) is 0 Å². The van der Waals surface area contributed by atoms with Gasteiger partial charge in [-0.3, -0.25) is 0 Å². The average Bonchev–Trinajstić information content (AvgIpc) is 2.88. The number of urea groups is 1. The zero-order valence-electron chi connectivity index (χ0n) is 11.2. The van der Waals surface area contributed by atoms with Crippen molar-refractivity contribution in [1.82, 2.24) is 10.6 Å². The van der Waals surface area contributed by atoms with Crippen molar-refractivity contribution in [2.24, 2.45) is 0 Å². The third-order valence-electron chi connectivity index (χ3n) is 3.22. The molecule has 2 N–H and O–H groups in total. The lowest BCUT2D eigenvalue weighted by Crippen LogP contribution is -2.62. The molecule has 0 bridgehead atoms. The first-order valence-electron chi connectivity index (χ1n) is 6.45. The highest BCUT2D eigenvalue weighted by Crippen LogP contribution is 2.26. The van der Waals surface area contributed by atoms with Crippen LogP contribution in [0.3, 0.4) is 0 Å². The van der Waals surface area contributed by atoms with Crippen molar-refractivity contribution in [3.05, 3.63) is 24.2 Å². The number of methoxy groups -OCH3 is 1. The maximum absolute atomic E-state index is 11.7. The maximum Gasteiger partial charge on any atom is 0.315 e. The van der Waals surface area contributed by atoms with Crippen LogP contribution < -0.4 is 10.6 Å². The Morgan fingerprint density at radius 1 is 1.58 bits per heavy atom. The molecule has 6 heteroatoms. The molecule has 0 radical (unpaired) electrons. The van der Waals surface area contributed by atoms with Crippen LogP contribution in [0.4, 0.5) is 4.79 Å². The van der Waals surface area contributed by atoms with Crippen molar-refractivity contribution >= 4 is 6.03 Å². The second-order valence-corrected chi connectivity index (χ2v) is 4.44. The van der Waals surface area contributed by atoms with Crippen molar-refractivity contribution in [2.45, 2.75) is 38.1 Å². The molecule has 1 aromatic rings. The molecule has 0 spiro atoms. The Hall–Kier alpha value is -1.53. The second-order valence-electron chi connectivity index (χ2n) is 4.44. The number of amides is 2. The van der Waals surface area contributed by atoms with Gasteiger partial charge in [-0.05, 0) is 25.5 Å². The van der Waals surface area contributed by atoms with Gasteiger partial charge in [0.25, 0.3) is 0 Å². The molecule has 3 unspecified atom stereocenters. The van der Waals surface area contributed by atoms with Crippen molar-refractivity contribution in [3.63, 3.8) is 0 Å². The van der Waals surface area contributed by atoms with Gasteiger partial charge in [-0.25, -0.2) is 4.79 Å². The highest BCUT2D eigenvalue weighted by molar-refractivity contribution is 5.74. The van der Waals surface area contributed by atoms with Crippen molar-refractivity contribution in [2.75, 3.05) is 13.7 Å². The smallest absolute Gasteiger partial charge is 0.315 e. The van der Waals surface area contributed by atoms with E-state index in [1.54, 1.807) is 19.4 Å². The first-order valence-corrected chi connectivity index (χ1v) is 6.45. The Kier molecular flexibility index (Phi) is 4.81. The van der Waals surface area contributed by atoms with E-state index in [4.69, 9.17) is 13.9 Å². The molecule has 3 atom stereocenters. The van der Waals surface area contributed by atoms with Gasteiger partial charge in [-0.15, -0.1) is 0 Å². The van der Waals surface area contributed by atoms with Gasteiger partial charge in [0.05, 0.1) is 25.0 Å². The first kappa shape index (κ1) is 13.9. The summed E-state index contributed by atoms with van der Waals surface area (Å²) in [5.41, 5.74) is 0. The highest BCUT2D eigenvalue weighted by Gasteiger charge is 2.42. The number of carbonyl (C=O) groups is 1. The lowest BCUT2D eigenvalue weighted by Gasteiger charge is -2.43. The zero-order chi connectivity index (χ0) is 13.7. The van der Waals surface area contributed by atoms with Gasteiger partial charge < -0.3 is 24.5 Å². The largest absolute Gasteiger partial charge is 0.467 e. The van der Waals surface area contributed by atoms with E-state index in [0.717, 1.165) is 12.2 Å². The van der Waals surface area contributed by atoms with Crippen LogP contribution in [0.15, 0.2) is 22.8 Å². The number of carbonyl (C=O) groups excluding carboxylic acids is 1. The normalized spacial score (nSPS) is 25.7. The summed E-state index contributed by atoms with van der Waals surface area (Å²) < 4.78 is 16.0. The molecular weight excluding hydrogens is 248 g/mol. The maximum atomic E-state index is 11.7. The Bertz CT molecular complexity index is 393. The lowest BCUT2D eigenvalue weighted by molar-refractivity contribution is -0.128. The molecule has 6 nitrogen and oxygen atoms in total. The van der Waals surface area contributed by atoms with E-state index in [0.29, 0.717) is 13.2 Å². The van der Waals surface area contributed by atoms with E-state index < -0.39 is 0 Å². The molecule has 1 heterocycles. The van der Waals surface area contributed by atoms with Crippen LogP contribution in [0.2, 0.25) is 0 Å². The van der Waals surface area contributed by atoms with Gasteiger partial charge in [0.2, 0.25) is 0 Å². The molecular formula is C13H20N2O4. The van der Waals surface area contributed by atoms with Crippen LogP contribution in [-0.4, -0.2) is 38.0 Å². The fraction of sp³-hybridized carbons (Fsp3) is 0.615. The van der Waals surface area contributed by atoms with Gasteiger partial charge in [0.15, 0.2) is 0 Å². The minimum absolute atomic E-state index is 0.00171. The zero-order valence-corrected chi connectivity index (χ0v) is 11.2. The van der Waals surface area contributed by atoms with Gasteiger partial charge in [0.1, 0.15) is 11.9 Å². The predicted octanol–water partition coefficient (Wildman–Crippen LogP) is 1.27. The first-order chi connectivity index (χ1) is 9.24. The second kappa shape index (κ2) is 6.58. The summed E-state index contributed by atoms with van der Waals surface area (Å²) in [7, 11) is 1.63. The summed E-state index contributed by atoms with van der Waals surface area (Å²) in [4.78, 5) is 11.7. The van der Waals surface area contributed by atoms with Gasteiger partial charge in [-0.2, -0.15) is 0 Å². The number of furan rings is 1.